The van der Waals surface area contributed by atoms with Crippen molar-refractivity contribution in [1.82, 2.24) is 9.29 Å². The molecule has 0 saturated heterocycles. The molecule has 3 rings (SSSR count). The van der Waals surface area contributed by atoms with Crippen molar-refractivity contribution in [2.75, 3.05) is 13.1 Å². The molecule has 0 fully saturated rings. The van der Waals surface area contributed by atoms with Gasteiger partial charge in [0.1, 0.15) is 5.75 Å². The van der Waals surface area contributed by atoms with Crippen LogP contribution in [-0.4, -0.2) is 35.9 Å². The number of hydrogen-bond acceptors (Lipinski definition) is 4. The summed E-state index contributed by atoms with van der Waals surface area (Å²) >= 11 is 0. The second-order valence-corrected chi connectivity index (χ2v) is 7.48. The van der Waals surface area contributed by atoms with E-state index in [1.54, 1.807) is 12.3 Å². The third-order valence-electron chi connectivity index (χ3n) is 3.85. The van der Waals surface area contributed by atoms with Crippen LogP contribution in [-0.2, 0) is 15.8 Å². The highest BCUT2D eigenvalue weighted by atomic mass is 32.2. The molecule has 1 N–H and O–H groups in total. The van der Waals surface area contributed by atoms with Crippen molar-refractivity contribution in [3.63, 3.8) is 0 Å². The first-order valence-corrected chi connectivity index (χ1v) is 9.01. The van der Waals surface area contributed by atoms with Gasteiger partial charge in [-0.15, -0.1) is 0 Å². The smallest absolute Gasteiger partial charge is 0.218 e. The van der Waals surface area contributed by atoms with Crippen LogP contribution in [0.2, 0.25) is 0 Å². The number of benzene rings is 1. The Balaban J connectivity index is 1.72. The summed E-state index contributed by atoms with van der Waals surface area (Å²) in [5.74, 6) is 0.132. The summed E-state index contributed by atoms with van der Waals surface area (Å²) in [7, 11) is -3.33. The van der Waals surface area contributed by atoms with Gasteiger partial charge in [-0.1, -0.05) is 36.4 Å². The summed E-state index contributed by atoms with van der Waals surface area (Å²) < 4.78 is 26.5. The maximum Gasteiger partial charge on any atom is 0.218 e. The van der Waals surface area contributed by atoms with Gasteiger partial charge in [-0.25, -0.2) is 8.42 Å². The second-order valence-electron chi connectivity index (χ2n) is 5.51. The molecule has 23 heavy (non-hydrogen) atoms. The van der Waals surface area contributed by atoms with Gasteiger partial charge in [-0.2, -0.15) is 4.31 Å². The fourth-order valence-electron chi connectivity index (χ4n) is 2.64. The predicted molar refractivity (Wildman–Crippen MR) is 89.1 cm³/mol. The lowest BCUT2D eigenvalue weighted by Gasteiger charge is -2.26. The lowest BCUT2D eigenvalue weighted by molar-refractivity contribution is 0.440. The molecule has 2 heterocycles. The van der Waals surface area contributed by atoms with E-state index in [9.17, 15) is 13.5 Å². The van der Waals surface area contributed by atoms with Crippen molar-refractivity contribution < 1.29 is 13.5 Å². The van der Waals surface area contributed by atoms with Gasteiger partial charge in [-0.3, -0.25) is 4.98 Å². The minimum Gasteiger partial charge on any atom is -0.506 e. The largest absolute Gasteiger partial charge is 0.506 e. The Morgan fingerprint density at radius 1 is 1.17 bits per heavy atom. The summed E-state index contributed by atoms with van der Waals surface area (Å²) in [6, 6.07) is 10.8. The van der Waals surface area contributed by atoms with Gasteiger partial charge < -0.3 is 5.11 Å². The molecule has 1 aliphatic heterocycles. The molecule has 0 radical (unpaired) electrons. The first kappa shape index (κ1) is 15.7. The van der Waals surface area contributed by atoms with Crippen molar-refractivity contribution >= 4 is 15.6 Å². The maximum atomic E-state index is 12.5. The van der Waals surface area contributed by atoms with Crippen LogP contribution in [0.5, 0.6) is 5.75 Å². The van der Waals surface area contributed by atoms with Gasteiger partial charge in [0.25, 0.3) is 0 Å². The number of rotatable bonds is 4. The van der Waals surface area contributed by atoms with Crippen LogP contribution in [0.25, 0.3) is 5.57 Å². The van der Waals surface area contributed by atoms with Crippen LogP contribution < -0.4 is 0 Å². The Morgan fingerprint density at radius 3 is 2.61 bits per heavy atom. The van der Waals surface area contributed by atoms with E-state index in [2.05, 4.69) is 4.98 Å². The SMILES string of the molecule is O=S(=O)(Cc1ccccc1)N1CC=C(c2cncc(O)c2)CC1. The fourth-order valence-corrected chi connectivity index (χ4v) is 4.11. The molecule has 1 aromatic carbocycles. The molecule has 0 atom stereocenters. The molecular formula is C17H18N2O3S. The molecule has 0 amide bonds. The molecular weight excluding hydrogens is 312 g/mol. The fraction of sp³-hybridized carbons (Fsp3) is 0.235. The van der Waals surface area contributed by atoms with Gasteiger partial charge in [0.05, 0.1) is 11.9 Å². The van der Waals surface area contributed by atoms with Crippen LogP contribution >= 0.6 is 0 Å². The van der Waals surface area contributed by atoms with Crippen LogP contribution in [0, 0.1) is 0 Å². The van der Waals surface area contributed by atoms with Crippen LogP contribution in [0.1, 0.15) is 17.5 Å². The molecule has 5 nitrogen and oxygen atoms in total. The first-order valence-electron chi connectivity index (χ1n) is 7.40. The summed E-state index contributed by atoms with van der Waals surface area (Å²) in [5, 5.41) is 9.49. The zero-order chi connectivity index (χ0) is 16.3. The van der Waals surface area contributed by atoms with Crippen molar-refractivity contribution in [3.05, 3.63) is 66.0 Å². The molecule has 120 valence electrons. The highest BCUT2D eigenvalue weighted by Crippen LogP contribution is 2.25. The Morgan fingerprint density at radius 2 is 1.96 bits per heavy atom. The van der Waals surface area contributed by atoms with Gasteiger partial charge in [0.2, 0.25) is 10.0 Å². The van der Waals surface area contributed by atoms with Crippen LogP contribution in [0.15, 0.2) is 54.9 Å². The first-order chi connectivity index (χ1) is 11.0. The highest BCUT2D eigenvalue weighted by molar-refractivity contribution is 7.88. The van der Waals surface area contributed by atoms with E-state index in [4.69, 9.17) is 0 Å². The molecule has 1 aromatic heterocycles. The average Bonchev–Trinajstić information content (AvgIpc) is 2.55. The molecule has 0 aliphatic carbocycles. The Bertz CT molecular complexity index is 817. The van der Waals surface area contributed by atoms with Crippen molar-refractivity contribution in [2.45, 2.75) is 12.2 Å². The quantitative estimate of drug-likeness (QED) is 0.934. The molecule has 1 aliphatic rings. The predicted octanol–water partition coefficient (Wildman–Crippen LogP) is 2.41. The molecule has 0 saturated carbocycles. The number of pyridine rings is 1. The molecule has 2 aromatic rings. The lowest BCUT2D eigenvalue weighted by atomic mass is 10.0. The standard InChI is InChI=1S/C17H18N2O3S/c20-17-10-16(11-18-12-17)15-6-8-19(9-7-15)23(21,22)13-14-4-2-1-3-5-14/h1-6,10-12,20H,7-9,13H2. The number of aromatic nitrogens is 1. The van der Waals surface area contributed by atoms with Crippen LogP contribution in [0.3, 0.4) is 0 Å². The van der Waals surface area contributed by atoms with E-state index in [-0.39, 0.29) is 11.5 Å². The number of aromatic hydroxyl groups is 1. The topological polar surface area (TPSA) is 70.5 Å². The van der Waals surface area contributed by atoms with Crippen molar-refractivity contribution in [1.29, 1.82) is 0 Å². The van der Waals surface area contributed by atoms with E-state index in [0.717, 1.165) is 16.7 Å². The highest BCUT2D eigenvalue weighted by Gasteiger charge is 2.24. The Labute approximate surface area is 136 Å². The summed E-state index contributed by atoms with van der Waals surface area (Å²) in [6.07, 6.45) is 5.56. The summed E-state index contributed by atoms with van der Waals surface area (Å²) in [5.41, 5.74) is 2.64. The van der Waals surface area contributed by atoms with E-state index in [0.29, 0.717) is 19.5 Å². The molecule has 0 unspecified atom stereocenters. The van der Waals surface area contributed by atoms with E-state index in [1.165, 1.54) is 10.5 Å². The van der Waals surface area contributed by atoms with Crippen molar-refractivity contribution in [3.8, 4) is 5.75 Å². The lowest BCUT2D eigenvalue weighted by Crippen LogP contribution is -2.35. The minimum atomic E-state index is -3.33. The number of sulfonamides is 1. The van der Waals surface area contributed by atoms with E-state index < -0.39 is 10.0 Å². The Kier molecular flexibility index (Phi) is 4.45. The van der Waals surface area contributed by atoms with Gasteiger partial charge in [0.15, 0.2) is 0 Å². The van der Waals surface area contributed by atoms with E-state index >= 15 is 0 Å². The maximum absolute atomic E-state index is 12.5. The minimum absolute atomic E-state index is 0.0185. The Hall–Kier alpha value is -2.18. The zero-order valence-corrected chi connectivity index (χ0v) is 13.4. The second kappa shape index (κ2) is 6.52. The normalized spacial score (nSPS) is 16.1. The zero-order valence-electron chi connectivity index (χ0n) is 12.6. The number of hydrogen-bond donors (Lipinski definition) is 1. The van der Waals surface area contributed by atoms with Gasteiger partial charge in [-0.05, 0) is 29.2 Å². The molecule has 0 bridgehead atoms. The van der Waals surface area contributed by atoms with E-state index in [1.807, 2.05) is 36.4 Å². The number of nitrogens with zero attached hydrogens (tertiary/aromatic N) is 2. The average molecular weight is 330 g/mol. The van der Waals surface area contributed by atoms with Gasteiger partial charge in [0, 0.05) is 19.3 Å². The van der Waals surface area contributed by atoms with Crippen molar-refractivity contribution in [2.24, 2.45) is 0 Å². The molecule has 0 spiro atoms. The van der Waals surface area contributed by atoms with Gasteiger partial charge >= 0.3 is 0 Å². The molecule has 6 heteroatoms. The third-order valence-corrected chi connectivity index (χ3v) is 5.67. The third kappa shape index (κ3) is 3.78. The summed E-state index contributed by atoms with van der Waals surface area (Å²) in [4.78, 5) is 3.96. The monoisotopic (exact) mass is 330 g/mol. The van der Waals surface area contributed by atoms with Crippen LogP contribution in [0.4, 0.5) is 0 Å². The summed E-state index contributed by atoms with van der Waals surface area (Å²) in [6.45, 7) is 0.789.